The quantitative estimate of drug-likeness (QED) is 0.386. The van der Waals surface area contributed by atoms with Crippen LogP contribution in [0.4, 0.5) is 0 Å². The average molecular weight is 390 g/mol. The number of esters is 1. The Bertz CT molecular complexity index is 733. The Labute approximate surface area is 164 Å². The molecule has 1 fully saturated rings. The van der Waals surface area contributed by atoms with Gasteiger partial charge in [-0.25, -0.2) is 0 Å². The van der Waals surface area contributed by atoms with Crippen LogP contribution in [0.5, 0.6) is 5.75 Å². The second-order valence-corrected chi connectivity index (χ2v) is 6.46. The molecule has 2 amide bonds. The van der Waals surface area contributed by atoms with Crippen LogP contribution >= 0.6 is 0 Å². The van der Waals surface area contributed by atoms with E-state index < -0.39 is 12.0 Å². The van der Waals surface area contributed by atoms with E-state index >= 15 is 0 Å². The summed E-state index contributed by atoms with van der Waals surface area (Å²) in [6.07, 6.45) is -0.226. The Balaban J connectivity index is 2.16. The van der Waals surface area contributed by atoms with E-state index in [1.54, 1.807) is 24.3 Å². The summed E-state index contributed by atoms with van der Waals surface area (Å²) in [6.45, 7) is 6.84. The molecular formula is C20H26N2O6. The fraction of sp³-hybridized carbons (Fsp3) is 0.450. The molecule has 0 spiro atoms. The lowest BCUT2D eigenvalue weighted by molar-refractivity contribution is -0.148. The highest BCUT2D eigenvalue weighted by Crippen LogP contribution is 2.23. The summed E-state index contributed by atoms with van der Waals surface area (Å²) in [5, 5.41) is 2.69. The molecule has 0 aromatic heterocycles. The van der Waals surface area contributed by atoms with Crippen LogP contribution in [-0.2, 0) is 19.1 Å². The van der Waals surface area contributed by atoms with E-state index in [2.05, 4.69) is 11.9 Å². The summed E-state index contributed by atoms with van der Waals surface area (Å²) in [5.41, 5.74) is 1.15. The van der Waals surface area contributed by atoms with Crippen molar-refractivity contribution in [3.63, 3.8) is 0 Å². The maximum absolute atomic E-state index is 13.1. The van der Waals surface area contributed by atoms with Gasteiger partial charge in [-0.05, 0) is 24.6 Å². The number of nitrogens with one attached hydrogen (secondary N) is 1. The van der Waals surface area contributed by atoms with Crippen molar-refractivity contribution in [3.8, 4) is 5.75 Å². The number of benzene rings is 1. The first-order chi connectivity index (χ1) is 13.4. The minimum Gasteiger partial charge on any atom is -0.488 e. The molecule has 1 unspecified atom stereocenters. The summed E-state index contributed by atoms with van der Waals surface area (Å²) in [5.74, 6) is -0.919. The third-order valence-corrected chi connectivity index (χ3v) is 4.09. The van der Waals surface area contributed by atoms with Crippen molar-refractivity contribution in [3.05, 3.63) is 42.0 Å². The van der Waals surface area contributed by atoms with Gasteiger partial charge in [-0.1, -0.05) is 18.7 Å². The first-order valence-corrected chi connectivity index (χ1v) is 9.03. The van der Waals surface area contributed by atoms with E-state index in [-0.39, 0.29) is 44.6 Å². The molecule has 1 N–H and O–H groups in total. The number of rotatable bonds is 9. The van der Waals surface area contributed by atoms with Gasteiger partial charge in [0.25, 0.3) is 5.91 Å². The number of amides is 2. The van der Waals surface area contributed by atoms with Gasteiger partial charge in [0.2, 0.25) is 5.91 Å². The first kappa shape index (κ1) is 21.4. The standard InChI is InChI=1S/C20H26N2O6/c1-14(2)13-28-17-7-5-4-6-15(17)20(25)22-9-8-21-19(24)16(22)12-18(23)27-11-10-26-3/h4-7,16H,1,8-13H2,2-3H3,(H,21,24). The molecule has 2 rings (SSSR count). The zero-order chi connectivity index (χ0) is 20.5. The predicted octanol–water partition coefficient (Wildman–Crippen LogP) is 1.16. The third kappa shape index (κ3) is 5.82. The fourth-order valence-corrected chi connectivity index (χ4v) is 2.74. The van der Waals surface area contributed by atoms with Crippen molar-refractivity contribution in [1.29, 1.82) is 0 Å². The molecule has 0 aliphatic carbocycles. The van der Waals surface area contributed by atoms with Gasteiger partial charge in [0.1, 0.15) is 25.0 Å². The van der Waals surface area contributed by atoms with Gasteiger partial charge in [-0.15, -0.1) is 0 Å². The largest absolute Gasteiger partial charge is 0.488 e. The summed E-state index contributed by atoms with van der Waals surface area (Å²) in [7, 11) is 1.50. The number of ether oxygens (including phenoxy) is 3. The molecule has 8 heteroatoms. The Morgan fingerprint density at radius 2 is 2.04 bits per heavy atom. The molecule has 0 radical (unpaired) electrons. The molecule has 1 aromatic rings. The number of methoxy groups -OCH3 is 1. The highest BCUT2D eigenvalue weighted by atomic mass is 16.6. The Kier molecular flexibility index (Phi) is 8.01. The van der Waals surface area contributed by atoms with E-state index in [1.165, 1.54) is 12.0 Å². The Morgan fingerprint density at radius 3 is 2.75 bits per heavy atom. The van der Waals surface area contributed by atoms with Gasteiger partial charge in [0.05, 0.1) is 18.6 Å². The van der Waals surface area contributed by atoms with E-state index in [4.69, 9.17) is 14.2 Å². The zero-order valence-electron chi connectivity index (χ0n) is 16.2. The second kappa shape index (κ2) is 10.5. The molecule has 1 atom stereocenters. The smallest absolute Gasteiger partial charge is 0.308 e. The van der Waals surface area contributed by atoms with Gasteiger partial charge in [-0.2, -0.15) is 0 Å². The number of hydrogen-bond donors (Lipinski definition) is 1. The Morgan fingerprint density at radius 1 is 1.29 bits per heavy atom. The van der Waals surface area contributed by atoms with Crippen LogP contribution in [0.3, 0.4) is 0 Å². The SMILES string of the molecule is C=C(C)COc1ccccc1C(=O)N1CCNC(=O)C1CC(=O)OCCOC. The van der Waals surface area contributed by atoms with Crippen LogP contribution in [0.2, 0.25) is 0 Å². The predicted molar refractivity (Wildman–Crippen MR) is 102 cm³/mol. The second-order valence-electron chi connectivity index (χ2n) is 6.46. The number of nitrogens with zero attached hydrogens (tertiary/aromatic N) is 1. The van der Waals surface area contributed by atoms with Crippen LogP contribution in [0.25, 0.3) is 0 Å². The lowest BCUT2D eigenvalue weighted by Crippen LogP contribution is -2.57. The molecule has 152 valence electrons. The minimum atomic E-state index is -0.939. The molecule has 0 bridgehead atoms. The van der Waals surface area contributed by atoms with Gasteiger partial charge in [0, 0.05) is 20.2 Å². The molecule has 1 heterocycles. The zero-order valence-corrected chi connectivity index (χ0v) is 16.2. The summed E-state index contributed by atoms with van der Waals surface area (Å²) in [6, 6.07) is 5.87. The van der Waals surface area contributed by atoms with Crippen LogP contribution in [-0.4, -0.2) is 68.7 Å². The van der Waals surface area contributed by atoms with Crippen LogP contribution < -0.4 is 10.1 Å². The summed E-state index contributed by atoms with van der Waals surface area (Å²) in [4.78, 5) is 38.9. The lowest BCUT2D eigenvalue weighted by atomic mass is 10.1. The average Bonchev–Trinajstić information content (AvgIpc) is 2.68. The van der Waals surface area contributed by atoms with Crippen LogP contribution in [0.15, 0.2) is 36.4 Å². The molecule has 1 saturated heterocycles. The highest BCUT2D eigenvalue weighted by molar-refractivity contribution is 6.01. The minimum absolute atomic E-state index is 0.0925. The highest BCUT2D eigenvalue weighted by Gasteiger charge is 2.36. The maximum atomic E-state index is 13.1. The third-order valence-electron chi connectivity index (χ3n) is 4.09. The van der Waals surface area contributed by atoms with Crippen molar-refractivity contribution in [2.45, 2.75) is 19.4 Å². The molecule has 8 nitrogen and oxygen atoms in total. The molecule has 1 aromatic carbocycles. The first-order valence-electron chi connectivity index (χ1n) is 9.03. The van der Waals surface area contributed by atoms with Crippen LogP contribution in [0.1, 0.15) is 23.7 Å². The lowest BCUT2D eigenvalue weighted by Gasteiger charge is -2.34. The Hall–Kier alpha value is -2.87. The van der Waals surface area contributed by atoms with Gasteiger partial charge in [-0.3, -0.25) is 14.4 Å². The maximum Gasteiger partial charge on any atom is 0.308 e. The summed E-state index contributed by atoms with van der Waals surface area (Å²) < 4.78 is 15.5. The molecule has 1 aliphatic heterocycles. The van der Waals surface area contributed by atoms with Crippen molar-refractivity contribution < 1.29 is 28.6 Å². The van der Waals surface area contributed by atoms with E-state index in [0.29, 0.717) is 17.9 Å². The number of piperazine rings is 1. The van der Waals surface area contributed by atoms with Gasteiger partial charge >= 0.3 is 5.97 Å². The van der Waals surface area contributed by atoms with Gasteiger partial charge in [0.15, 0.2) is 0 Å². The van der Waals surface area contributed by atoms with E-state index in [1.807, 2.05) is 6.92 Å². The van der Waals surface area contributed by atoms with Crippen LogP contribution in [0, 0.1) is 0 Å². The number of hydrogen-bond acceptors (Lipinski definition) is 6. The normalized spacial score (nSPS) is 16.3. The molecule has 1 aliphatic rings. The monoisotopic (exact) mass is 390 g/mol. The summed E-state index contributed by atoms with van der Waals surface area (Å²) >= 11 is 0. The molecular weight excluding hydrogens is 364 g/mol. The van der Waals surface area contributed by atoms with Crippen molar-refractivity contribution in [2.75, 3.05) is 40.0 Å². The number of carbonyl (C=O) groups is 3. The van der Waals surface area contributed by atoms with Crippen molar-refractivity contribution in [1.82, 2.24) is 10.2 Å². The number of para-hydroxylation sites is 1. The topological polar surface area (TPSA) is 94.2 Å². The molecule has 28 heavy (non-hydrogen) atoms. The van der Waals surface area contributed by atoms with Gasteiger partial charge < -0.3 is 24.4 Å². The van der Waals surface area contributed by atoms with E-state index in [9.17, 15) is 14.4 Å². The van der Waals surface area contributed by atoms with E-state index in [0.717, 1.165) is 5.57 Å². The van der Waals surface area contributed by atoms with Crippen molar-refractivity contribution in [2.24, 2.45) is 0 Å². The fourth-order valence-electron chi connectivity index (χ4n) is 2.74. The molecule has 0 saturated carbocycles. The van der Waals surface area contributed by atoms with Crippen molar-refractivity contribution >= 4 is 17.8 Å². The number of carbonyl (C=O) groups excluding carboxylic acids is 3.